The molecule has 0 saturated carbocycles. The fourth-order valence-corrected chi connectivity index (χ4v) is 1.89. The molecule has 2 aromatic heterocycles. The molecule has 3 rings (SSSR count). The number of aromatic nitrogens is 1. The number of hydrogen-bond donors (Lipinski definition) is 2. The number of aryl methyl sites for hydroxylation is 1. The van der Waals surface area contributed by atoms with Crippen molar-refractivity contribution in [2.75, 3.05) is 5.32 Å². The van der Waals surface area contributed by atoms with Gasteiger partial charge in [0.05, 0.1) is 5.69 Å². The third-order valence-corrected chi connectivity index (χ3v) is 2.84. The number of carbonyl (C=O) groups is 2. The van der Waals surface area contributed by atoms with Crippen LogP contribution in [-0.4, -0.2) is 22.1 Å². The van der Waals surface area contributed by atoms with E-state index in [9.17, 15) is 9.59 Å². The summed E-state index contributed by atoms with van der Waals surface area (Å²) in [5, 5.41) is 15.7. The average molecular weight is 286 g/mol. The first-order chi connectivity index (χ1) is 10.0. The van der Waals surface area contributed by atoms with Crippen molar-refractivity contribution in [3.63, 3.8) is 0 Å². The molecule has 0 atom stereocenters. The van der Waals surface area contributed by atoms with Crippen LogP contribution in [0.4, 0.5) is 5.69 Å². The number of amides is 1. The van der Waals surface area contributed by atoms with Gasteiger partial charge in [-0.05, 0) is 31.2 Å². The Morgan fingerprint density at radius 3 is 2.67 bits per heavy atom. The third kappa shape index (κ3) is 2.48. The van der Waals surface area contributed by atoms with E-state index in [4.69, 9.17) is 14.0 Å². The van der Waals surface area contributed by atoms with Gasteiger partial charge in [0.2, 0.25) is 11.5 Å². The highest BCUT2D eigenvalue weighted by Gasteiger charge is 2.14. The van der Waals surface area contributed by atoms with Crippen LogP contribution in [0.1, 0.15) is 26.8 Å². The first kappa shape index (κ1) is 12.9. The Bertz CT molecular complexity index is 846. The predicted octanol–water partition coefficient (Wildman–Crippen LogP) is 2.68. The van der Waals surface area contributed by atoms with Crippen LogP contribution in [-0.2, 0) is 0 Å². The van der Waals surface area contributed by atoms with Crippen molar-refractivity contribution in [1.29, 1.82) is 0 Å². The second kappa shape index (κ2) is 4.78. The maximum absolute atomic E-state index is 11.9. The average Bonchev–Trinajstić information content (AvgIpc) is 3.04. The SMILES string of the molecule is Cc1cc(C(=O)Nc2ccc3oc(C(=O)O)cc3c2)on1. The van der Waals surface area contributed by atoms with Crippen molar-refractivity contribution in [2.45, 2.75) is 6.92 Å². The molecule has 0 bridgehead atoms. The molecule has 21 heavy (non-hydrogen) atoms. The number of benzene rings is 1. The number of aromatic carboxylic acids is 1. The van der Waals surface area contributed by atoms with Gasteiger partial charge < -0.3 is 19.4 Å². The fraction of sp³-hybridized carbons (Fsp3) is 0.0714. The number of furan rings is 1. The Labute approximate surface area is 118 Å². The van der Waals surface area contributed by atoms with E-state index in [1.807, 2.05) is 0 Å². The van der Waals surface area contributed by atoms with Gasteiger partial charge in [0, 0.05) is 17.1 Å². The van der Waals surface area contributed by atoms with Gasteiger partial charge in [0.1, 0.15) is 5.58 Å². The molecule has 2 heterocycles. The number of rotatable bonds is 3. The Hall–Kier alpha value is -3.09. The predicted molar refractivity (Wildman–Crippen MR) is 72.4 cm³/mol. The van der Waals surface area contributed by atoms with Gasteiger partial charge >= 0.3 is 5.97 Å². The van der Waals surface area contributed by atoms with Crippen molar-refractivity contribution in [2.24, 2.45) is 0 Å². The minimum absolute atomic E-state index is 0.103. The maximum atomic E-state index is 11.9. The molecule has 3 aromatic rings. The highest BCUT2D eigenvalue weighted by molar-refractivity contribution is 6.03. The number of fused-ring (bicyclic) bond motifs is 1. The van der Waals surface area contributed by atoms with E-state index in [1.165, 1.54) is 12.1 Å². The van der Waals surface area contributed by atoms with Gasteiger partial charge in [-0.15, -0.1) is 0 Å². The number of carbonyl (C=O) groups excluding carboxylic acids is 1. The van der Waals surface area contributed by atoms with Crippen LogP contribution in [0.15, 0.2) is 39.3 Å². The Morgan fingerprint density at radius 2 is 2.00 bits per heavy atom. The Kier molecular flexibility index (Phi) is 2.94. The molecule has 0 unspecified atom stereocenters. The molecule has 7 nitrogen and oxygen atoms in total. The lowest BCUT2D eigenvalue weighted by Gasteiger charge is -2.01. The molecule has 7 heteroatoms. The molecule has 0 radical (unpaired) electrons. The summed E-state index contributed by atoms with van der Waals surface area (Å²) in [7, 11) is 0. The van der Waals surface area contributed by atoms with Crippen LogP contribution in [0, 0.1) is 6.92 Å². The van der Waals surface area contributed by atoms with E-state index in [-0.39, 0.29) is 11.5 Å². The standard InChI is InChI=1S/C14H10N2O5/c1-7-4-11(21-16-7)13(17)15-9-2-3-10-8(5-9)6-12(20-10)14(18)19/h2-6H,1H3,(H,15,17)(H,18,19). The zero-order valence-corrected chi connectivity index (χ0v) is 10.9. The van der Waals surface area contributed by atoms with Gasteiger partial charge in [-0.1, -0.05) is 5.16 Å². The van der Waals surface area contributed by atoms with Gasteiger partial charge in [0.15, 0.2) is 0 Å². The topological polar surface area (TPSA) is 106 Å². The molecule has 0 aliphatic heterocycles. The second-order valence-corrected chi connectivity index (χ2v) is 4.46. The zero-order valence-electron chi connectivity index (χ0n) is 10.9. The summed E-state index contributed by atoms with van der Waals surface area (Å²) in [4.78, 5) is 22.8. The molecule has 0 aliphatic carbocycles. The minimum atomic E-state index is -1.14. The molecule has 0 saturated heterocycles. The highest BCUT2D eigenvalue weighted by Crippen LogP contribution is 2.23. The number of nitrogens with zero attached hydrogens (tertiary/aromatic N) is 1. The van der Waals surface area contributed by atoms with Crippen LogP contribution in [0.25, 0.3) is 11.0 Å². The normalized spacial score (nSPS) is 10.7. The van der Waals surface area contributed by atoms with E-state index in [1.54, 1.807) is 25.1 Å². The van der Waals surface area contributed by atoms with Crippen molar-refractivity contribution in [3.05, 3.63) is 47.5 Å². The summed E-state index contributed by atoms with van der Waals surface area (Å²) in [5.41, 5.74) is 1.54. The van der Waals surface area contributed by atoms with E-state index >= 15 is 0 Å². The van der Waals surface area contributed by atoms with Crippen LogP contribution in [0.5, 0.6) is 0 Å². The lowest BCUT2D eigenvalue weighted by Crippen LogP contribution is -2.10. The largest absolute Gasteiger partial charge is 0.475 e. The van der Waals surface area contributed by atoms with Crippen LogP contribution >= 0.6 is 0 Å². The van der Waals surface area contributed by atoms with E-state index in [0.717, 1.165) is 0 Å². The summed E-state index contributed by atoms with van der Waals surface area (Å²) in [6.45, 7) is 1.71. The minimum Gasteiger partial charge on any atom is -0.475 e. The number of anilines is 1. The monoisotopic (exact) mass is 286 g/mol. The molecule has 1 aromatic carbocycles. The molecule has 2 N–H and O–H groups in total. The second-order valence-electron chi connectivity index (χ2n) is 4.46. The van der Waals surface area contributed by atoms with Crippen molar-refractivity contribution in [1.82, 2.24) is 5.16 Å². The zero-order chi connectivity index (χ0) is 15.0. The van der Waals surface area contributed by atoms with Crippen LogP contribution in [0.3, 0.4) is 0 Å². The third-order valence-electron chi connectivity index (χ3n) is 2.84. The van der Waals surface area contributed by atoms with E-state index < -0.39 is 11.9 Å². The summed E-state index contributed by atoms with van der Waals surface area (Å²) < 4.78 is 10.00. The molecule has 0 fully saturated rings. The molecule has 0 aliphatic rings. The number of carboxylic acid groups (broad SMARTS) is 1. The van der Waals surface area contributed by atoms with Crippen molar-refractivity contribution < 1.29 is 23.6 Å². The van der Waals surface area contributed by atoms with Crippen molar-refractivity contribution >= 4 is 28.5 Å². The van der Waals surface area contributed by atoms with E-state index in [2.05, 4.69) is 10.5 Å². The van der Waals surface area contributed by atoms with Gasteiger partial charge in [0.25, 0.3) is 5.91 Å². The molecular formula is C14H10N2O5. The number of hydrogen-bond acceptors (Lipinski definition) is 5. The summed E-state index contributed by atoms with van der Waals surface area (Å²) in [5.74, 6) is -1.63. The highest BCUT2D eigenvalue weighted by atomic mass is 16.5. The molecule has 1 amide bonds. The summed E-state index contributed by atoms with van der Waals surface area (Å²) in [6.07, 6.45) is 0. The van der Waals surface area contributed by atoms with Crippen molar-refractivity contribution in [3.8, 4) is 0 Å². The lowest BCUT2D eigenvalue weighted by molar-refractivity contribution is 0.0665. The lowest BCUT2D eigenvalue weighted by atomic mass is 10.2. The Morgan fingerprint density at radius 1 is 1.19 bits per heavy atom. The summed E-state index contributed by atoms with van der Waals surface area (Å²) >= 11 is 0. The van der Waals surface area contributed by atoms with Gasteiger partial charge in [-0.25, -0.2) is 4.79 Å². The van der Waals surface area contributed by atoms with Crippen LogP contribution in [0.2, 0.25) is 0 Å². The molecular weight excluding hydrogens is 276 g/mol. The first-order valence-electron chi connectivity index (χ1n) is 6.04. The quantitative estimate of drug-likeness (QED) is 0.766. The van der Waals surface area contributed by atoms with Gasteiger partial charge in [-0.3, -0.25) is 4.79 Å². The molecule has 106 valence electrons. The Balaban J connectivity index is 1.87. The first-order valence-corrected chi connectivity index (χ1v) is 6.04. The van der Waals surface area contributed by atoms with E-state index in [0.29, 0.717) is 22.4 Å². The molecule has 0 spiro atoms. The van der Waals surface area contributed by atoms with Gasteiger partial charge in [-0.2, -0.15) is 0 Å². The smallest absolute Gasteiger partial charge is 0.371 e. The maximum Gasteiger partial charge on any atom is 0.371 e. The number of carboxylic acids is 1. The number of nitrogens with one attached hydrogen (secondary N) is 1. The van der Waals surface area contributed by atoms with Crippen LogP contribution < -0.4 is 5.32 Å². The fourth-order valence-electron chi connectivity index (χ4n) is 1.89. The summed E-state index contributed by atoms with van der Waals surface area (Å²) in [6, 6.07) is 7.73.